The maximum atomic E-state index is 11.8. The van der Waals surface area contributed by atoms with Crippen LogP contribution in [0.4, 0.5) is 4.79 Å². The molecule has 6 nitrogen and oxygen atoms in total. The molecular formula is C19H21N3O3S. The second kappa shape index (κ2) is 7.29. The molecule has 0 aliphatic rings. The predicted molar refractivity (Wildman–Crippen MR) is 102 cm³/mol. The molecule has 1 aromatic carbocycles. The van der Waals surface area contributed by atoms with Crippen LogP contribution in [-0.4, -0.2) is 28.8 Å². The Kier molecular flexibility index (Phi) is 5.08. The molecule has 0 unspecified atom stereocenters. The van der Waals surface area contributed by atoms with Gasteiger partial charge in [-0.3, -0.25) is 4.98 Å². The minimum Gasteiger partial charge on any atom is -0.497 e. The summed E-state index contributed by atoms with van der Waals surface area (Å²) in [6, 6.07) is 7.80. The van der Waals surface area contributed by atoms with Crippen LogP contribution in [0.1, 0.15) is 26.3 Å². The lowest BCUT2D eigenvalue weighted by Gasteiger charge is -2.19. The van der Waals surface area contributed by atoms with Gasteiger partial charge >= 0.3 is 6.09 Å². The van der Waals surface area contributed by atoms with E-state index >= 15 is 0 Å². The third kappa shape index (κ3) is 4.49. The van der Waals surface area contributed by atoms with Crippen molar-refractivity contribution >= 4 is 27.6 Å². The Balaban J connectivity index is 1.76. The van der Waals surface area contributed by atoms with Crippen LogP contribution in [0.25, 0.3) is 20.8 Å². The van der Waals surface area contributed by atoms with Gasteiger partial charge in [0, 0.05) is 30.6 Å². The third-order valence-electron chi connectivity index (χ3n) is 3.47. The average Bonchev–Trinajstić information content (AvgIpc) is 3.02. The number of fused-ring (bicyclic) bond motifs is 1. The molecule has 0 spiro atoms. The summed E-state index contributed by atoms with van der Waals surface area (Å²) < 4.78 is 11.6. The highest BCUT2D eigenvalue weighted by Gasteiger charge is 2.16. The number of alkyl carbamates (subject to hydrolysis) is 1. The first-order valence-electron chi connectivity index (χ1n) is 8.20. The fourth-order valence-corrected chi connectivity index (χ4v) is 3.27. The van der Waals surface area contributed by atoms with Gasteiger partial charge in [-0.2, -0.15) is 0 Å². The first-order valence-corrected chi connectivity index (χ1v) is 9.01. The van der Waals surface area contributed by atoms with Gasteiger partial charge in [0.15, 0.2) is 0 Å². The predicted octanol–water partition coefficient (Wildman–Crippen LogP) is 4.39. The summed E-state index contributed by atoms with van der Waals surface area (Å²) in [6.45, 7) is 5.83. The molecule has 0 atom stereocenters. The van der Waals surface area contributed by atoms with Gasteiger partial charge in [0.05, 0.1) is 17.3 Å². The van der Waals surface area contributed by atoms with Crippen LogP contribution in [0.3, 0.4) is 0 Å². The zero-order chi connectivity index (χ0) is 18.7. The molecule has 7 heteroatoms. The number of thiazole rings is 1. The van der Waals surface area contributed by atoms with Crippen LogP contribution >= 0.6 is 11.3 Å². The zero-order valence-electron chi connectivity index (χ0n) is 15.2. The lowest BCUT2D eigenvalue weighted by atomic mass is 10.2. The smallest absolute Gasteiger partial charge is 0.407 e. The van der Waals surface area contributed by atoms with E-state index in [1.807, 2.05) is 45.0 Å². The summed E-state index contributed by atoms with van der Waals surface area (Å²) in [7, 11) is 1.64. The van der Waals surface area contributed by atoms with Crippen molar-refractivity contribution < 1.29 is 14.3 Å². The number of nitrogens with zero attached hydrogens (tertiary/aromatic N) is 2. The SMILES string of the molecule is COc1ccc2sc(-c3cncc(CNC(=O)OC(C)(C)C)c3)nc2c1. The van der Waals surface area contributed by atoms with E-state index in [1.165, 1.54) is 0 Å². The summed E-state index contributed by atoms with van der Waals surface area (Å²) >= 11 is 1.59. The molecule has 0 radical (unpaired) electrons. The number of amides is 1. The molecular weight excluding hydrogens is 350 g/mol. The Hall–Kier alpha value is -2.67. The van der Waals surface area contributed by atoms with Crippen molar-refractivity contribution in [3.63, 3.8) is 0 Å². The molecule has 26 heavy (non-hydrogen) atoms. The number of hydrogen-bond donors (Lipinski definition) is 1. The number of nitrogens with one attached hydrogen (secondary N) is 1. The molecule has 0 saturated carbocycles. The lowest BCUT2D eigenvalue weighted by molar-refractivity contribution is 0.0523. The number of benzene rings is 1. The molecule has 3 rings (SSSR count). The summed E-state index contributed by atoms with van der Waals surface area (Å²) in [4.78, 5) is 20.7. The van der Waals surface area contributed by atoms with E-state index in [0.29, 0.717) is 6.54 Å². The molecule has 0 fully saturated rings. The molecule has 0 saturated heterocycles. The van der Waals surface area contributed by atoms with Crippen molar-refractivity contribution in [3.05, 3.63) is 42.2 Å². The lowest BCUT2D eigenvalue weighted by Crippen LogP contribution is -2.32. The number of hydrogen-bond acceptors (Lipinski definition) is 6. The van der Waals surface area contributed by atoms with E-state index in [1.54, 1.807) is 30.8 Å². The zero-order valence-corrected chi connectivity index (χ0v) is 16.0. The molecule has 0 aliphatic heterocycles. The Bertz CT molecular complexity index is 931. The van der Waals surface area contributed by atoms with Gasteiger partial charge in [-0.15, -0.1) is 11.3 Å². The quantitative estimate of drug-likeness (QED) is 0.736. The highest BCUT2D eigenvalue weighted by Crippen LogP contribution is 2.32. The first kappa shape index (κ1) is 18.1. The van der Waals surface area contributed by atoms with Gasteiger partial charge < -0.3 is 14.8 Å². The monoisotopic (exact) mass is 371 g/mol. The number of aromatic nitrogens is 2. The molecule has 2 aromatic heterocycles. The van der Waals surface area contributed by atoms with Crippen LogP contribution in [0.2, 0.25) is 0 Å². The Labute approximate surface area is 156 Å². The Morgan fingerprint density at radius 3 is 2.77 bits per heavy atom. The third-order valence-corrected chi connectivity index (χ3v) is 4.56. The number of rotatable bonds is 4. The number of methoxy groups -OCH3 is 1. The average molecular weight is 371 g/mol. The molecule has 136 valence electrons. The summed E-state index contributed by atoms with van der Waals surface area (Å²) in [5.74, 6) is 0.780. The van der Waals surface area contributed by atoms with Crippen LogP contribution < -0.4 is 10.1 Å². The van der Waals surface area contributed by atoms with Gasteiger partial charge in [-0.25, -0.2) is 9.78 Å². The highest BCUT2D eigenvalue weighted by atomic mass is 32.1. The van der Waals surface area contributed by atoms with Crippen LogP contribution in [-0.2, 0) is 11.3 Å². The van der Waals surface area contributed by atoms with E-state index in [2.05, 4.69) is 15.3 Å². The maximum Gasteiger partial charge on any atom is 0.407 e. The van der Waals surface area contributed by atoms with Gasteiger partial charge in [0.25, 0.3) is 0 Å². The number of carbonyl (C=O) groups excluding carboxylic acids is 1. The van der Waals surface area contributed by atoms with Crippen molar-refractivity contribution in [1.82, 2.24) is 15.3 Å². The largest absolute Gasteiger partial charge is 0.497 e. The topological polar surface area (TPSA) is 73.3 Å². The van der Waals surface area contributed by atoms with E-state index in [4.69, 9.17) is 9.47 Å². The van der Waals surface area contributed by atoms with Crippen molar-refractivity contribution in [2.45, 2.75) is 32.9 Å². The van der Waals surface area contributed by atoms with E-state index in [0.717, 1.165) is 32.1 Å². The Morgan fingerprint density at radius 1 is 1.23 bits per heavy atom. The minimum absolute atomic E-state index is 0.342. The second-order valence-electron chi connectivity index (χ2n) is 6.79. The molecule has 2 heterocycles. The normalized spacial score (nSPS) is 11.4. The van der Waals surface area contributed by atoms with Crippen molar-refractivity contribution in [2.24, 2.45) is 0 Å². The van der Waals surface area contributed by atoms with Crippen LogP contribution in [0.15, 0.2) is 36.7 Å². The van der Waals surface area contributed by atoms with Gasteiger partial charge in [0.1, 0.15) is 16.4 Å². The van der Waals surface area contributed by atoms with Gasteiger partial charge in [-0.1, -0.05) is 0 Å². The summed E-state index contributed by atoms with van der Waals surface area (Å²) in [5.41, 5.74) is 2.16. The van der Waals surface area contributed by atoms with Gasteiger partial charge in [-0.05, 0) is 44.5 Å². The summed E-state index contributed by atoms with van der Waals surface area (Å²) in [6.07, 6.45) is 3.04. The maximum absolute atomic E-state index is 11.8. The number of pyridine rings is 1. The molecule has 3 aromatic rings. The molecule has 1 amide bonds. The molecule has 0 bridgehead atoms. The van der Waals surface area contributed by atoms with E-state index in [9.17, 15) is 4.79 Å². The standard InChI is InChI=1S/C19H21N3O3S/c1-19(2,3)25-18(23)21-10-12-7-13(11-20-9-12)17-22-15-8-14(24-4)5-6-16(15)26-17/h5-9,11H,10H2,1-4H3,(H,21,23). The van der Waals surface area contributed by atoms with Crippen molar-refractivity contribution in [3.8, 4) is 16.3 Å². The van der Waals surface area contributed by atoms with Gasteiger partial charge in [0.2, 0.25) is 0 Å². The number of ether oxygens (including phenoxy) is 2. The highest BCUT2D eigenvalue weighted by molar-refractivity contribution is 7.21. The Morgan fingerprint density at radius 2 is 2.04 bits per heavy atom. The van der Waals surface area contributed by atoms with Crippen molar-refractivity contribution in [1.29, 1.82) is 0 Å². The van der Waals surface area contributed by atoms with E-state index in [-0.39, 0.29) is 0 Å². The minimum atomic E-state index is -0.522. The molecule has 1 N–H and O–H groups in total. The van der Waals surface area contributed by atoms with Crippen molar-refractivity contribution in [2.75, 3.05) is 7.11 Å². The second-order valence-corrected chi connectivity index (χ2v) is 7.82. The first-order chi connectivity index (χ1) is 12.3. The summed E-state index contributed by atoms with van der Waals surface area (Å²) in [5, 5.41) is 3.62. The number of carbonyl (C=O) groups is 1. The molecule has 0 aliphatic carbocycles. The van der Waals surface area contributed by atoms with E-state index < -0.39 is 11.7 Å². The fraction of sp³-hybridized carbons (Fsp3) is 0.316. The fourth-order valence-electron chi connectivity index (χ4n) is 2.35. The van der Waals surface area contributed by atoms with Crippen LogP contribution in [0.5, 0.6) is 5.75 Å². The van der Waals surface area contributed by atoms with Crippen LogP contribution in [0, 0.1) is 0 Å².